The quantitative estimate of drug-likeness (QED) is 0.864. The van der Waals surface area contributed by atoms with E-state index in [4.69, 9.17) is 0 Å². The fourth-order valence-corrected chi connectivity index (χ4v) is 3.49. The number of amides is 1. The molecule has 26 heavy (non-hydrogen) atoms. The maximum absolute atomic E-state index is 12.9. The first-order valence-corrected chi connectivity index (χ1v) is 9.24. The smallest absolute Gasteiger partial charge is 0.234 e. The Morgan fingerprint density at radius 1 is 1.23 bits per heavy atom. The van der Waals surface area contributed by atoms with Gasteiger partial charge in [0.1, 0.15) is 5.82 Å². The molecule has 1 amide bonds. The third-order valence-corrected chi connectivity index (χ3v) is 5.01. The lowest BCUT2D eigenvalue weighted by molar-refractivity contribution is -0.122. The number of nitrogens with zero attached hydrogens (tertiary/aromatic N) is 3. The number of hydrogen-bond acceptors (Lipinski definition) is 3. The number of carbonyl (C=O) groups excluding carboxylic acids is 1. The molecule has 5 nitrogen and oxygen atoms in total. The number of carbonyl (C=O) groups is 1. The molecule has 0 atom stereocenters. The largest absolute Gasteiger partial charge is 0.351 e. The van der Waals surface area contributed by atoms with E-state index in [0.717, 1.165) is 43.7 Å². The van der Waals surface area contributed by atoms with Crippen LogP contribution in [0, 0.1) is 25.6 Å². The number of aromatic nitrogens is 2. The van der Waals surface area contributed by atoms with Crippen molar-refractivity contribution in [1.29, 1.82) is 0 Å². The molecule has 1 N–H and O–H groups in total. The highest BCUT2D eigenvalue weighted by molar-refractivity contribution is 5.78. The second kappa shape index (κ2) is 8.45. The van der Waals surface area contributed by atoms with Gasteiger partial charge >= 0.3 is 0 Å². The molecular formula is C20H27FN4O. The fraction of sp³-hybridized carbons (Fsp3) is 0.500. The zero-order valence-corrected chi connectivity index (χ0v) is 15.5. The summed E-state index contributed by atoms with van der Waals surface area (Å²) in [5.41, 5.74) is 3.19. The second-order valence-electron chi connectivity index (χ2n) is 7.23. The summed E-state index contributed by atoms with van der Waals surface area (Å²) in [6, 6.07) is 8.32. The second-order valence-corrected chi connectivity index (χ2v) is 7.23. The molecule has 1 aliphatic rings. The summed E-state index contributed by atoms with van der Waals surface area (Å²) in [4.78, 5) is 14.3. The molecule has 0 spiro atoms. The Balaban J connectivity index is 1.38. The molecule has 0 bridgehead atoms. The van der Waals surface area contributed by atoms with E-state index in [1.165, 1.54) is 17.8 Å². The van der Waals surface area contributed by atoms with Crippen LogP contribution in [0.4, 0.5) is 4.39 Å². The van der Waals surface area contributed by atoms with Gasteiger partial charge in [-0.15, -0.1) is 0 Å². The summed E-state index contributed by atoms with van der Waals surface area (Å²) in [6.07, 6.45) is 2.17. The molecule has 1 aromatic heterocycles. The molecular weight excluding hydrogens is 331 g/mol. The van der Waals surface area contributed by atoms with Crippen molar-refractivity contribution in [3.63, 3.8) is 0 Å². The Morgan fingerprint density at radius 3 is 2.54 bits per heavy atom. The van der Waals surface area contributed by atoms with Crippen LogP contribution >= 0.6 is 0 Å². The Bertz CT molecular complexity index is 733. The van der Waals surface area contributed by atoms with Crippen LogP contribution in [0.5, 0.6) is 0 Å². The van der Waals surface area contributed by atoms with Gasteiger partial charge in [-0.1, -0.05) is 12.1 Å². The Labute approximate surface area is 154 Å². The van der Waals surface area contributed by atoms with Crippen molar-refractivity contribution < 1.29 is 9.18 Å². The van der Waals surface area contributed by atoms with Crippen molar-refractivity contribution in [2.75, 3.05) is 19.6 Å². The maximum atomic E-state index is 12.9. The molecule has 0 radical (unpaired) electrons. The highest BCUT2D eigenvalue weighted by atomic mass is 19.1. The molecule has 2 heterocycles. The van der Waals surface area contributed by atoms with E-state index in [1.807, 2.05) is 6.92 Å². The Morgan fingerprint density at radius 2 is 1.92 bits per heavy atom. The van der Waals surface area contributed by atoms with Gasteiger partial charge < -0.3 is 5.32 Å². The average molecular weight is 358 g/mol. The lowest BCUT2D eigenvalue weighted by atomic mass is 9.97. The lowest BCUT2D eigenvalue weighted by Crippen LogP contribution is -2.42. The van der Waals surface area contributed by atoms with Crippen molar-refractivity contribution in [3.8, 4) is 0 Å². The average Bonchev–Trinajstić information content (AvgIpc) is 2.93. The maximum Gasteiger partial charge on any atom is 0.234 e. The topological polar surface area (TPSA) is 50.2 Å². The minimum absolute atomic E-state index is 0.0197. The first-order chi connectivity index (χ1) is 12.5. The van der Waals surface area contributed by atoms with Crippen LogP contribution < -0.4 is 5.32 Å². The zero-order valence-electron chi connectivity index (χ0n) is 15.5. The number of likely N-dealkylation sites (tertiary alicyclic amines) is 1. The summed E-state index contributed by atoms with van der Waals surface area (Å²) in [5, 5.41) is 7.46. The lowest BCUT2D eigenvalue weighted by Gasteiger charge is -2.31. The van der Waals surface area contributed by atoms with Crippen LogP contribution in [0.1, 0.15) is 29.8 Å². The van der Waals surface area contributed by atoms with E-state index >= 15 is 0 Å². The molecule has 2 aromatic rings. The van der Waals surface area contributed by atoms with Crippen LogP contribution in [0.2, 0.25) is 0 Å². The highest BCUT2D eigenvalue weighted by Crippen LogP contribution is 2.19. The first kappa shape index (κ1) is 18.6. The van der Waals surface area contributed by atoms with Gasteiger partial charge in [-0.3, -0.25) is 14.4 Å². The fourth-order valence-electron chi connectivity index (χ4n) is 3.49. The number of benzene rings is 1. The van der Waals surface area contributed by atoms with Crippen molar-refractivity contribution >= 4 is 5.91 Å². The Kier molecular flexibility index (Phi) is 6.04. The molecule has 1 aliphatic heterocycles. The van der Waals surface area contributed by atoms with E-state index in [2.05, 4.69) is 33.0 Å². The molecule has 1 aromatic carbocycles. The van der Waals surface area contributed by atoms with E-state index in [9.17, 15) is 9.18 Å². The van der Waals surface area contributed by atoms with Gasteiger partial charge in [0.15, 0.2) is 0 Å². The predicted molar refractivity (Wildman–Crippen MR) is 99.1 cm³/mol. The van der Waals surface area contributed by atoms with Crippen molar-refractivity contribution in [1.82, 2.24) is 20.0 Å². The van der Waals surface area contributed by atoms with Crippen molar-refractivity contribution in [3.05, 3.63) is 53.1 Å². The van der Waals surface area contributed by atoms with Crippen LogP contribution in [0.25, 0.3) is 0 Å². The highest BCUT2D eigenvalue weighted by Gasteiger charge is 2.21. The number of hydrogen-bond donors (Lipinski definition) is 1. The summed E-state index contributed by atoms with van der Waals surface area (Å²) in [5.74, 6) is 0.376. The van der Waals surface area contributed by atoms with Crippen LogP contribution in [0.3, 0.4) is 0 Å². The predicted octanol–water partition coefficient (Wildman–Crippen LogP) is 2.67. The molecule has 0 saturated carbocycles. The van der Waals surface area contributed by atoms with Crippen molar-refractivity contribution in [2.45, 2.75) is 39.8 Å². The standard InChI is InChI=1S/C20H27FN4O/c1-15-11-16(2)25(23-15)13-18-7-9-24(10-8-18)14-20(26)22-12-17-3-5-19(21)6-4-17/h3-6,11,18H,7-10,12-14H2,1-2H3,(H,22,26). The van der Waals surface area contributed by atoms with Gasteiger partial charge in [0.2, 0.25) is 5.91 Å². The number of piperidine rings is 1. The van der Waals surface area contributed by atoms with E-state index in [0.29, 0.717) is 19.0 Å². The summed E-state index contributed by atoms with van der Waals surface area (Å²) >= 11 is 0. The minimum atomic E-state index is -0.261. The van der Waals surface area contributed by atoms with Crippen molar-refractivity contribution in [2.24, 2.45) is 5.92 Å². The number of halogens is 1. The van der Waals surface area contributed by atoms with E-state index in [1.54, 1.807) is 12.1 Å². The minimum Gasteiger partial charge on any atom is -0.351 e. The summed E-state index contributed by atoms with van der Waals surface area (Å²) in [6.45, 7) is 7.82. The summed E-state index contributed by atoms with van der Waals surface area (Å²) in [7, 11) is 0. The number of nitrogens with one attached hydrogen (secondary N) is 1. The van der Waals surface area contributed by atoms with Gasteiger partial charge in [-0.2, -0.15) is 5.10 Å². The molecule has 1 saturated heterocycles. The molecule has 140 valence electrons. The van der Waals surface area contributed by atoms with E-state index in [-0.39, 0.29) is 11.7 Å². The van der Waals surface area contributed by atoms with Gasteiger partial charge in [-0.05, 0) is 69.5 Å². The third-order valence-electron chi connectivity index (χ3n) is 5.01. The normalized spacial score (nSPS) is 16.0. The van der Waals surface area contributed by atoms with Crippen LogP contribution in [0.15, 0.2) is 30.3 Å². The first-order valence-electron chi connectivity index (χ1n) is 9.24. The van der Waals surface area contributed by atoms with Crippen LogP contribution in [-0.4, -0.2) is 40.2 Å². The van der Waals surface area contributed by atoms with Gasteiger partial charge in [0, 0.05) is 18.8 Å². The molecule has 0 unspecified atom stereocenters. The monoisotopic (exact) mass is 358 g/mol. The molecule has 3 rings (SSSR count). The van der Waals surface area contributed by atoms with Gasteiger partial charge in [-0.25, -0.2) is 4.39 Å². The number of aryl methyl sites for hydroxylation is 2. The molecule has 6 heteroatoms. The zero-order chi connectivity index (χ0) is 18.5. The number of rotatable bonds is 6. The van der Waals surface area contributed by atoms with Crippen LogP contribution in [-0.2, 0) is 17.9 Å². The Hall–Kier alpha value is -2.21. The van der Waals surface area contributed by atoms with E-state index < -0.39 is 0 Å². The SMILES string of the molecule is Cc1cc(C)n(CC2CCN(CC(=O)NCc3ccc(F)cc3)CC2)n1. The molecule has 0 aliphatic carbocycles. The summed E-state index contributed by atoms with van der Waals surface area (Å²) < 4.78 is 15.0. The molecule has 1 fully saturated rings. The van der Waals surface area contributed by atoms with Gasteiger partial charge in [0.05, 0.1) is 12.2 Å². The van der Waals surface area contributed by atoms with Gasteiger partial charge in [0.25, 0.3) is 0 Å². The third kappa shape index (κ3) is 5.14.